The summed E-state index contributed by atoms with van der Waals surface area (Å²) in [7, 11) is 0. The fourth-order valence-electron chi connectivity index (χ4n) is 4.06. The van der Waals surface area contributed by atoms with Crippen LogP contribution in [0.1, 0.15) is 46.4 Å². The van der Waals surface area contributed by atoms with Gasteiger partial charge in [-0.05, 0) is 59.2 Å². The summed E-state index contributed by atoms with van der Waals surface area (Å²) in [6, 6.07) is 12.9. The molecule has 31 heavy (non-hydrogen) atoms. The van der Waals surface area contributed by atoms with Crippen LogP contribution in [0.3, 0.4) is 0 Å². The third-order valence-electron chi connectivity index (χ3n) is 5.40. The maximum absolute atomic E-state index is 13.5. The van der Waals surface area contributed by atoms with Gasteiger partial charge in [0.25, 0.3) is 5.91 Å². The number of carbonyl (C=O) groups excluding carboxylic acids is 2. The molecule has 0 fully saturated rings. The Kier molecular flexibility index (Phi) is 6.49. The van der Waals surface area contributed by atoms with E-state index in [1.165, 1.54) is 11.1 Å². The molecule has 3 aromatic rings. The van der Waals surface area contributed by atoms with Crippen LogP contribution in [0.5, 0.6) is 0 Å². The van der Waals surface area contributed by atoms with Crippen molar-refractivity contribution in [2.75, 3.05) is 19.6 Å². The van der Waals surface area contributed by atoms with Crippen molar-refractivity contribution in [3.63, 3.8) is 0 Å². The molecule has 7 heteroatoms. The fourth-order valence-corrected chi connectivity index (χ4v) is 5.09. The van der Waals surface area contributed by atoms with Crippen LogP contribution in [0.25, 0.3) is 0 Å². The van der Waals surface area contributed by atoms with Gasteiger partial charge in [-0.25, -0.2) is 0 Å². The highest BCUT2D eigenvalue weighted by molar-refractivity contribution is 7.10. The lowest BCUT2D eigenvalue weighted by Gasteiger charge is -2.37. The highest BCUT2D eigenvalue weighted by Crippen LogP contribution is 2.38. The van der Waals surface area contributed by atoms with Gasteiger partial charge in [0, 0.05) is 23.0 Å². The van der Waals surface area contributed by atoms with Gasteiger partial charge >= 0.3 is 0 Å². The van der Waals surface area contributed by atoms with E-state index in [9.17, 15) is 9.59 Å². The van der Waals surface area contributed by atoms with Crippen LogP contribution in [0.2, 0.25) is 5.02 Å². The average molecular weight is 457 g/mol. The summed E-state index contributed by atoms with van der Waals surface area (Å²) in [5, 5.41) is 2.74. The van der Waals surface area contributed by atoms with E-state index in [4.69, 9.17) is 16.0 Å². The molecule has 1 unspecified atom stereocenters. The van der Waals surface area contributed by atoms with E-state index in [0.29, 0.717) is 18.1 Å². The van der Waals surface area contributed by atoms with Crippen molar-refractivity contribution in [2.45, 2.75) is 26.3 Å². The second-order valence-corrected chi connectivity index (χ2v) is 9.58. The maximum atomic E-state index is 13.5. The van der Waals surface area contributed by atoms with Gasteiger partial charge in [0.05, 0.1) is 12.3 Å². The summed E-state index contributed by atoms with van der Waals surface area (Å²) >= 11 is 7.82. The standard InChI is InChI=1S/C24H25ClN2O3S/c1-16(2)14-26(24(29)20-4-3-12-30-20)15-22(28)27-11-9-21-19(10-13-31-21)23(27)17-5-7-18(25)8-6-17/h3-8,10,12-13,16,23H,9,11,14-15H2,1-2H3. The molecule has 0 saturated carbocycles. The SMILES string of the molecule is CC(C)CN(CC(=O)N1CCc2sccc2C1c1ccc(Cl)cc1)C(=O)c1ccco1. The number of benzene rings is 1. The number of thiophene rings is 1. The molecule has 1 atom stereocenters. The van der Waals surface area contributed by atoms with Crippen molar-refractivity contribution in [3.8, 4) is 0 Å². The number of hydrogen-bond donors (Lipinski definition) is 0. The Morgan fingerprint density at radius 3 is 2.68 bits per heavy atom. The normalized spacial score (nSPS) is 15.7. The Hall–Kier alpha value is -2.57. The largest absolute Gasteiger partial charge is 0.459 e. The van der Waals surface area contributed by atoms with Crippen molar-refractivity contribution in [1.29, 1.82) is 0 Å². The molecule has 0 saturated heterocycles. The quantitative estimate of drug-likeness (QED) is 0.508. The van der Waals surface area contributed by atoms with E-state index < -0.39 is 0 Å². The van der Waals surface area contributed by atoms with Crippen molar-refractivity contribution in [1.82, 2.24) is 9.80 Å². The average Bonchev–Trinajstić information content (AvgIpc) is 3.44. The molecule has 0 radical (unpaired) electrons. The first kappa shape index (κ1) is 21.7. The molecule has 0 spiro atoms. The first-order valence-corrected chi connectivity index (χ1v) is 11.6. The number of rotatable bonds is 6. The van der Waals surface area contributed by atoms with Gasteiger partial charge in [0.1, 0.15) is 6.54 Å². The zero-order valence-electron chi connectivity index (χ0n) is 17.6. The highest BCUT2D eigenvalue weighted by Gasteiger charge is 2.34. The fraction of sp³-hybridized carbons (Fsp3) is 0.333. The van der Waals surface area contributed by atoms with Gasteiger partial charge in [-0.15, -0.1) is 11.3 Å². The van der Waals surface area contributed by atoms with Crippen molar-refractivity contribution in [3.05, 3.63) is 80.9 Å². The van der Waals surface area contributed by atoms with Crippen LogP contribution in [0.4, 0.5) is 0 Å². The van der Waals surface area contributed by atoms with Gasteiger partial charge in [-0.2, -0.15) is 0 Å². The van der Waals surface area contributed by atoms with Crippen LogP contribution < -0.4 is 0 Å². The van der Waals surface area contributed by atoms with Gasteiger partial charge in [0.2, 0.25) is 5.91 Å². The Morgan fingerprint density at radius 1 is 1.23 bits per heavy atom. The monoisotopic (exact) mass is 456 g/mol. The Balaban J connectivity index is 1.62. The molecular weight excluding hydrogens is 432 g/mol. The van der Waals surface area contributed by atoms with Crippen LogP contribution in [-0.2, 0) is 11.2 Å². The molecule has 1 aromatic carbocycles. The summed E-state index contributed by atoms with van der Waals surface area (Å²) in [6.45, 7) is 5.17. The molecule has 1 aliphatic heterocycles. The van der Waals surface area contributed by atoms with Gasteiger partial charge < -0.3 is 14.2 Å². The van der Waals surface area contributed by atoms with Crippen LogP contribution in [-0.4, -0.2) is 41.2 Å². The van der Waals surface area contributed by atoms with Crippen molar-refractivity contribution in [2.24, 2.45) is 5.92 Å². The van der Waals surface area contributed by atoms with E-state index >= 15 is 0 Å². The lowest BCUT2D eigenvalue weighted by molar-refractivity contribution is -0.134. The number of furan rings is 1. The zero-order valence-corrected chi connectivity index (χ0v) is 19.2. The molecule has 2 amide bonds. The first-order chi connectivity index (χ1) is 14.9. The van der Waals surface area contributed by atoms with E-state index in [1.54, 1.807) is 28.4 Å². The minimum atomic E-state index is -0.261. The summed E-state index contributed by atoms with van der Waals surface area (Å²) in [5.74, 6) is 0.144. The molecule has 0 N–H and O–H groups in total. The van der Waals surface area contributed by atoms with Crippen molar-refractivity contribution < 1.29 is 14.0 Å². The molecule has 0 aliphatic carbocycles. The second-order valence-electron chi connectivity index (χ2n) is 8.15. The van der Waals surface area contributed by atoms with Crippen LogP contribution in [0.15, 0.2) is 58.5 Å². The van der Waals surface area contributed by atoms with Gasteiger partial charge in [-0.1, -0.05) is 37.6 Å². The van der Waals surface area contributed by atoms with Gasteiger partial charge in [-0.3, -0.25) is 9.59 Å². The summed E-state index contributed by atoms with van der Waals surface area (Å²) in [6.07, 6.45) is 2.29. The van der Waals surface area contributed by atoms with E-state index in [0.717, 1.165) is 17.5 Å². The summed E-state index contributed by atoms with van der Waals surface area (Å²) < 4.78 is 5.30. The second kappa shape index (κ2) is 9.28. The number of halogens is 1. The molecule has 162 valence electrons. The molecule has 3 heterocycles. The number of amides is 2. The Labute approximate surface area is 191 Å². The predicted octanol–water partition coefficient (Wildman–Crippen LogP) is 5.27. The predicted molar refractivity (Wildman–Crippen MR) is 122 cm³/mol. The van der Waals surface area contributed by atoms with E-state index in [-0.39, 0.29) is 36.1 Å². The molecule has 2 aromatic heterocycles. The minimum absolute atomic E-state index is 0.0152. The van der Waals surface area contributed by atoms with Gasteiger partial charge in [0.15, 0.2) is 5.76 Å². The zero-order chi connectivity index (χ0) is 22.0. The maximum Gasteiger partial charge on any atom is 0.290 e. The molecule has 1 aliphatic rings. The minimum Gasteiger partial charge on any atom is -0.459 e. The molecule has 0 bridgehead atoms. The van der Waals surface area contributed by atoms with E-state index in [1.807, 2.05) is 43.0 Å². The summed E-state index contributed by atoms with van der Waals surface area (Å²) in [5.41, 5.74) is 2.17. The number of fused-ring (bicyclic) bond motifs is 1. The lowest BCUT2D eigenvalue weighted by atomic mass is 9.93. The lowest BCUT2D eigenvalue weighted by Crippen LogP contribution is -2.47. The topological polar surface area (TPSA) is 53.8 Å². The molecular formula is C24H25ClN2O3S. The molecule has 4 rings (SSSR count). The highest BCUT2D eigenvalue weighted by atomic mass is 35.5. The smallest absolute Gasteiger partial charge is 0.290 e. The number of hydrogen-bond acceptors (Lipinski definition) is 4. The van der Waals surface area contributed by atoms with E-state index in [2.05, 4.69) is 11.4 Å². The summed E-state index contributed by atoms with van der Waals surface area (Å²) in [4.78, 5) is 31.3. The Bertz CT molecular complexity index is 1040. The van der Waals surface area contributed by atoms with Crippen molar-refractivity contribution >= 4 is 34.8 Å². The number of carbonyl (C=O) groups is 2. The third-order valence-corrected chi connectivity index (χ3v) is 6.65. The molecule has 5 nitrogen and oxygen atoms in total. The van der Waals surface area contributed by atoms with Crippen LogP contribution >= 0.6 is 22.9 Å². The Morgan fingerprint density at radius 2 is 2.00 bits per heavy atom. The third kappa shape index (κ3) is 4.70. The van der Waals surface area contributed by atoms with Crippen LogP contribution in [0, 0.1) is 5.92 Å². The number of nitrogens with zero attached hydrogens (tertiary/aromatic N) is 2. The first-order valence-electron chi connectivity index (χ1n) is 10.4.